The number of carbonyl (C=O) groups is 2. The Balaban J connectivity index is 1.74. The molecule has 0 saturated heterocycles. The SMILES string of the molecule is NC1CCC(NC(=O)C2CC2C(=O)O)CC1. The van der Waals surface area contributed by atoms with E-state index in [-0.39, 0.29) is 23.9 Å². The van der Waals surface area contributed by atoms with E-state index in [4.69, 9.17) is 10.8 Å². The van der Waals surface area contributed by atoms with Crippen molar-refractivity contribution in [1.82, 2.24) is 5.32 Å². The lowest BCUT2D eigenvalue weighted by Crippen LogP contribution is -2.41. The zero-order chi connectivity index (χ0) is 11.7. The van der Waals surface area contributed by atoms with Gasteiger partial charge in [0.25, 0.3) is 0 Å². The number of hydrogen-bond donors (Lipinski definition) is 3. The highest BCUT2D eigenvalue weighted by Gasteiger charge is 2.48. The molecule has 0 heterocycles. The fourth-order valence-corrected chi connectivity index (χ4v) is 2.33. The van der Waals surface area contributed by atoms with E-state index in [1.165, 1.54) is 0 Å². The van der Waals surface area contributed by atoms with Crippen molar-refractivity contribution in [3.05, 3.63) is 0 Å². The maximum Gasteiger partial charge on any atom is 0.307 e. The molecule has 0 aliphatic heterocycles. The lowest BCUT2D eigenvalue weighted by atomic mass is 9.92. The van der Waals surface area contributed by atoms with Crippen molar-refractivity contribution in [3.63, 3.8) is 0 Å². The Hall–Kier alpha value is -1.10. The van der Waals surface area contributed by atoms with Gasteiger partial charge in [-0.25, -0.2) is 0 Å². The Morgan fingerprint density at radius 2 is 1.75 bits per heavy atom. The molecule has 4 N–H and O–H groups in total. The van der Waals surface area contributed by atoms with Gasteiger partial charge in [-0.15, -0.1) is 0 Å². The third kappa shape index (κ3) is 2.52. The first kappa shape index (κ1) is 11.4. The average molecular weight is 226 g/mol. The highest BCUT2D eigenvalue weighted by molar-refractivity contribution is 5.89. The summed E-state index contributed by atoms with van der Waals surface area (Å²) in [4.78, 5) is 22.3. The maximum absolute atomic E-state index is 11.7. The third-order valence-corrected chi connectivity index (χ3v) is 3.56. The van der Waals surface area contributed by atoms with Crippen molar-refractivity contribution in [2.75, 3.05) is 0 Å². The van der Waals surface area contributed by atoms with Gasteiger partial charge in [-0.3, -0.25) is 9.59 Å². The zero-order valence-corrected chi connectivity index (χ0v) is 9.19. The monoisotopic (exact) mass is 226 g/mol. The topological polar surface area (TPSA) is 92.4 Å². The summed E-state index contributed by atoms with van der Waals surface area (Å²) in [6.07, 6.45) is 4.21. The van der Waals surface area contributed by atoms with E-state index in [1.807, 2.05) is 0 Å². The fraction of sp³-hybridized carbons (Fsp3) is 0.818. The summed E-state index contributed by atoms with van der Waals surface area (Å²) < 4.78 is 0. The van der Waals surface area contributed by atoms with E-state index in [2.05, 4.69) is 5.32 Å². The normalized spacial score (nSPS) is 37.8. The second kappa shape index (κ2) is 4.41. The predicted molar refractivity (Wildman–Crippen MR) is 57.6 cm³/mol. The van der Waals surface area contributed by atoms with E-state index in [0.717, 1.165) is 25.7 Å². The molecular formula is C11H18N2O3. The number of nitrogens with one attached hydrogen (secondary N) is 1. The minimum Gasteiger partial charge on any atom is -0.481 e. The highest BCUT2D eigenvalue weighted by atomic mass is 16.4. The number of carboxylic acids is 1. The van der Waals surface area contributed by atoms with Crippen molar-refractivity contribution in [2.24, 2.45) is 17.6 Å². The van der Waals surface area contributed by atoms with Crippen LogP contribution in [-0.4, -0.2) is 29.1 Å². The van der Waals surface area contributed by atoms with E-state index >= 15 is 0 Å². The third-order valence-electron chi connectivity index (χ3n) is 3.56. The predicted octanol–water partition coefficient (Wildman–Crippen LogP) is 0.0932. The molecule has 2 saturated carbocycles. The standard InChI is InChI=1S/C11H18N2O3/c12-6-1-3-7(4-2-6)13-10(14)8-5-9(8)11(15)16/h6-9H,1-5,12H2,(H,13,14)(H,15,16). The number of amides is 1. The Morgan fingerprint density at radius 1 is 1.12 bits per heavy atom. The fourth-order valence-electron chi connectivity index (χ4n) is 2.33. The first-order chi connectivity index (χ1) is 7.58. The van der Waals surface area contributed by atoms with Crippen LogP contribution in [0.3, 0.4) is 0 Å². The molecule has 0 spiro atoms. The molecule has 0 aromatic carbocycles. The smallest absolute Gasteiger partial charge is 0.307 e. The van der Waals surface area contributed by atoms with Crippen LogP contribution in [0.5, 0.6) is 0 Å². The summed E-state index contributed by atoms with van der Waals surface area (Å²) in [6.45, 7) is 0. The summed E-state index contributed by atoms with van der Waals surface area (Å²) in [5.74, 6) is -1.70. The van der Waals surface area contributed by atoms with Crippen molar-refractivity contribution in [1.29, 1.82) is 0 Å². The largest absolute Gasteiger partial charge is 0.481 e. The first-order valence-electron chi connectivity index (χ1n) is 5.86. The van der Waals surface area contributed by atoms with Gasteiger partial charge in [0.2, 0.25) is 5.91 Å². The van der Waals surface area contributed by atoms with Gasteiger partial charge in [-0.2, -0.15) is 0 Å². The molecule has 2 atom stereocenters. The van der Waals surface area contributed by atoms with Crippen LogP contribution in [0.4, 0.5) is 0 Å². The molecule has 1 amide bonds. The quantitative estimate of drug-likeness (QED) is 0.636. The van der Waals surface area contributed by atoms with Crippen LogP contribution in [0.2, 0.25) is 0 Å². The molecule has 2 aliphatic carbocycles. The Labute approximate surface area is 94.4 Å². The van der Waals surface area contributed by atoms with Crippen LogP contribution >= 0.6 is 0 Å². The number of hydrogen-bond acceptors (Lipinski definition) is 3. The minimum atomic E-state index is -0.856. The molecule has 90 valence electrons. The van der Waals surface area contributed by atoms with E-state index in [1.54, 1.807) is 0 Å². The van der Waals surface area contributed by atoms with Gasteiger partial charge >= 0.3 is 5.97 Å². The van der Waals surface area contributed by atoms with Gasteiger partial charge in [-0.1, -0.05) is 0 Å². The molecule has 2 unspecified atom stereocenters. The second-order valence-corrected chi connectivity index (χ2v) is 4.91. The maximum atomic E-state index is 11.7. The van der Waals surface area contributed by atoms with Gasteiger partial charge in [-0.05, 0) is 32.1 Å². The molecule has 0 bridgehead atoms. The number of carbonyl (C=O) groups excluding carboxylic acids is 1. The summed E-state index contributed by atoms with van der Waals surface area (Å²) in [7, 11) is 0. The lowest BCUT2D eigenvalue weighted by Gasteiger charge is -2.26. The van der Waals surface area contributed by atoms with Gasteiger partial charge in [0, 0.05) is 12.1 Å². The van der Waals surface area contributed by atoms with Crippen molar-refractivity contribution < 1.29 is 14.7 Å². The lowest BCUT2D eigenvalue weighted by molar-refractivity contribution is -0.140. The Morgan fingerprint density at radius 3 is 2.25 bits per heavy atom. The first-order valence-corrected chi connectivity index (χ1v) is 5.86. The van der Waals surface area contributed by atoms with Crippen molar-refractivity contribution in [3.8, 4) is 0 Å². The number of carboxylic acid groups (broad SMARTS) is 1. The summed E-state index contributed by atoms with van der Waals surface area (Å²) in [5.41, 5.74) is 5.77. The van der Waals surface area contributed by atoms with Gasteiger partial charge in [0.15, 0.2) is 0 Å². The van der Waals surface area contributed by atoms with Crippen LogP contribution in [-0.2, 0) is 9.59 Å². The van der Waals surface area contributed by atoms with Gasteiger partial charge < -0.3 is 16.2 Å². The molecule has 5 nitrogen and oxygen atoms in total. The molecular weight excluding hydrogens is 208 g/mol. The summed E-state index contributed by atoms with van der Waals surface area (Å²) in [5, 5.41) is 11.6. The molecule has 16 heavy (non-hydrogen) atoms. The Bertz CT molecular complexity index is 298. The molecule has 2 fully saturated rings. The number of nitrogens with two attached hydrogens (primary N) is 1. The van der Waals surface area contributed by atoms with Crippen molar-refractivity contribution in [2.45, 2.75) is 44.2 Å². The van der Waals surface area contributed by atoms with Crippen molar-refractivity contribution >= 4 is 11.9 Å². The van der Waals surface area contributed by atoms with Crippen LogP contribution in [0.1, 0.15) is 32.1 Å². The average Bonchev–Trinajstić information content (AvgIpc) is 3.01. The molecule has 0 aromatic heterocycles. The number of aliphatic carboxylic acids is 1. The Kier molecular flexibility index (Phi) is 3.14. The molecule has 2 aliphatic rings. The van der Waals surface area contributed by atoms with Crippen LogP contribution in [0.25, 0.3) is 0 Å². The molecule has 0 aromatic rings. The summed E-state index contributed by atoms with van der Waals surface area (Å²) in [6, 6.07) is 0.461. The summed E-state index contributed by atoms with van der Waals surface area (Å²) >= 11 is 0. The van der Waals surface area contributed by atoms with E-state index in [9.17, 15) is 9.59 Å². The molecule has 2 rings (SSSR count). The van der Waals surface area contributed by atoms with Crippen LogP contribution in [0, 0.1) is 11.8 Å². The van der Waals surface area contributed by atoms with E-state index < -0.39 is 11.9 Å². The molecule has 5 heteroatoms. The van der Waals surface area contributed by atoms with E-state index in [0.29, 0.717) is 6.42 Å². The van der Waals surface area contributed by atoms with Gasteiger partial charge in [0.1, 0.15) is 0 Å². The highest BCUT2D eigenvalue weighted by Crippen LogP contribution is 2.39. The van der Waals surface area contributed by atoms with Crippen LogP contribution < -0.4 is 11.1 Å². The zero-order valence-electron chi connectivity index (χ0n) is 9.19. The second-order valence-electron chi connectivity index (χ2n) is 4.91. The van der Waals surface area contributed by atoms with Gasteiger partial charge in [0.05, 0.1) is 11.8 Å². The number of rotatable bonds is 3. The molecule has 0 radical (unpaired) electrons. The minimum absolute atomic E-state index is 0.0899. The van der Waals surface area contributed by atoms with Crippen LogP contribution in [0.15, 0.2) is 0 Å².